The number of hydrogen-bond donors (Lipinski definition) is 0. The maximum absolute atomic E-state index is 2.39. The van der Waals surface area contributed by atoms with E-state index in [1.165, 1.54) is 62.5 Å². The lowest BCUT2D eigenvalue weighted by Gasteiger charge is -2.32. The molecule has 0 fully saturated rings. The molecule has 0 amide bonds. The van der Waals surface area contributed by atoms with Gasteiger partial charge in [-0.25, -0.2) is 0 Å². The first-order chi connectivity index (χ1) is 11.3. The quantitative estimate of drug-likeness (QED) is 0.456. The van der Waals surface area contributed by atoms with E-state index in [9.17, 15) is 0 Å². The molecule has 0 saturated carbocycles. The predicted molar refractivity (Wildman–Crippen MR) is 101 cm³/mol. The van der Waals surface area contributed by atoms with Crippen LogP contribution >= 0.6 is 0 Å². The highest BCUT2D eigenvalue weighted by Crippen LogP contribution is 2.53. The van der Waals surface area contributed by atoms with Gasteiger partial charge in [0.15, 0.2) is 0 Å². The zero-order valence-corrected chi connectivity index (χ0v) is 14.8. The molecule has 0 N–H and O–H groups in total. The lowest BCUT2D eigenvalue weighted by Crippen LogP contribution is -2.25. The molecular formula is C23H30. The summed E-state index contributed by atoms with van der Waals surface area (Å²) in [7, 11) is 0. The smallest absolute Gasteiger partial charge is 0.0215 e. The van der Waals surface area contributed by atoms with E-state index in [0.717, 1.165) is 0 Å². The standard InChI is InChI=1S/C23H30/c1-3-5-7-12-18-23(17-6-4-2)21-15-10-8-13-19(21)20-14-9-11-16-22(20)23/h8-11,13-16H,3-7,12,17-18H2,1-2H3. The first-order valence-electron chi connectivity index (χ1n) is 9.53. The summed E-state index contributed by atoms with van der Waals surface area (Å²) >= 11 is 0. The number of unbranched alkanes of at least 4 members (excludes halogenated alkanes) is 4. The molecule has 0 radical (unpaired) electrons. The fourth-order valence-corrected chi connectivity index (χ4v) is 4.41. The molecule has 0 aliphatic heterocycles. The molecule has 2 aromatic rings. The van der Waals surface area contributed by atoms with Gasteiger partial charge in [-0.2, -0.15) is 0 Å². The number of fused-ring (bicyclic) bond motifs is 3. The third-order valence-electron chi connectivity index (χ3n) is 5.59. The van der Waals surface area contributed by atoms with Crippen molar-refractivity contribution < 1.29 is 0 Å². The molecule has 2 aromatic carbocycles. The van der Waals surface area contributed by atoms with E-state index in [2.05, 4.69) is 62.4 Å². The molecule has 3 rings (SSSR count). The normalized spacial score (nSPS) is 14.5. The van der Waals surface area contributed by atoms with Crippen LogP contribution in [-0.4, -0.2) is 0 Å². The molecule has 0 saturated heterocycles. The van der Waals surface area contributed by atoms with Gasteiger partial charge in [-0.15, -0.1) is 0 Å². The first-order valence-corrected chi connectivity index (χ1v) is 9.53. The van der Waals surface area contributed by atoms with Crippen LogP contribution in [0.1, 0.15) is 76.3 Å². The summed E-state index contributed by atoms with van der Waals surface area (Å²) in [6, 6.07) is 18.3. The molecule has 0 nitrogen and oxygen atoms in total. The Morgan fingerprint density at radius 1 is 0.609 bits per heavy atom. The minimum absolute atomic E-state index is 0.261. The van der Waals surface area contributed by atoms with Crippen LogP contribution in [0.5, 0.6) is 0 Å². The van der Waals surface area contributed by atoms with Gasteiger partial charge in [0, 0.05) is 5.41 Å². The van der Waals surface area contributed by atoms with Crippen molar-refractivity contribution in [3.05, 3.63) is 59.7 Å². The Kier molecular flexibility index (Phi) is 5.20. The predicted octanol–water partition coefficient (Wildman–Crippen LogP) is 7.11. The van der Waals surface area contributed by atoms with Gasteiger partial charge in [-0.3, -0.25) is 0 Å². The van der Waals surface area contributed by atoms with Crippen LogP contribution < -0.4 is 0 Å². The van der Waals surface area contributed by atoms with E-state index in [-0.39, 0.29) is 5.41 Å². The zero-order valence-electron chi connectivity index (χ0n) is 14.8. The van der Waals surface area contributed by atoms with Crippen molar-refractivity contribution in [2.45, 2.75) is 70.6 Å². The molecule has 23 heavy (non-hydrogen) atoms. The third kappa shape index (κ3) is 2.96. The Morgan fingerprint density at radius 3 is 1.70 bits per heavy atom. The molecular weight excluding hydrogens is 276 g/mol. The summed E-state index contributed by atoms with van der Waals surface area (Å²) < 4.78 is 0. The van der Waals surface area contributed by atoms with E-state index in [0.29, 0.717) is 0 Å². The second-order valence-electron chi connectivity index (χ2n) is 7.09. The monoisotopic (exact) mass is 306 g/mol. The lowest BCUT2D eigenvalue weighted by atomic mass is 9.71. The van der Waals surface area contributed by atoms with Crippen molar-refractivity contribution in [3.63, 3.8) is 0 Å². The van der Waals surface area contributed by atoms with Gasteiger partial charge in [0.25, 0.3) is 0 Å². The lowest BCUT2D eigenvalue weighted by molar-refractivity contribution is 0.407. The van der Waals surface area contributed by atoms with Gasteiger partial charge >= 0.3 is 0 Å². The minimum Gasteiger partial charge on any atom is -0.0654 e. The van der Waals surface area contributed by atoms with Gasteiger partial charge in [-0.1, -0.05) is 101 Å². The van der Waals surface area contributed by atoms with Gasteiger partial charge in [0.05, 0.1) is 0 Å². The van der Waals surface area contributed by atoms with Crippen LogP contribution in [0.2, 0.25) is 0 Å². The van der Waals surface area contributed by atoms with E-state index in [1.54, 1.807) is 11.1 Å². The average molecular weight is 306 g/mol. The topological polar surface area (TPSA) is 0 Å². The van der Waals surface area contributed by atoms with Gasteiger partial charge in [0.2, 0.25) is 0 Å². The second kappa shape index (κ2) is 7.34. The van der Waals surface area contributed by atoms with Crippen LogP contribution in [0.15, 0.2) is 48.5 Å². The highest BCUT2D eigenvalue weighted by molar-refractivity contribution is 5.80. The maximum atomic E-state index is 2.39. The first kappa shape index (κ1) is 16.3. The molecule has 1 aliphatic carbocycles. The van der Waals surface area contributed by atoms with Crippen molar-refractivity contribution in [2.75, 3.05) is 0 Å². The number of hydrogen-bond acceptors (Lipinski definition) is 0. The Bertz CT molecular complexity index is 592. The molecule has 1 aliphatic rings. The Labute approximate surface area is 141 Å². The fraction of sp³-hybridized carbons (Fsp3) is 0.478. The maximum Gasteiger partial charge on any atom is 0.0215 e. The highest BCUT2D eigenvalue weighted by atomic mass is 14.4. The third-order valence-corrected chi connectivity index (χ3v) is 5.59. The van der Waals surface area contributed by atoms with E-state index in [1.807, 2.05) is 0 Å². The van der Waals surface area contributed by atoms with Crippen LogP contribution in [0.3, 0.4) is 0 Å². The van der Waals surface area contributed by atoms with E-state index >= 15 is 0 Å². The summed E-state index contributed by atoms with van der Waals surface area (Å²) in [5, 5.41) is 0. The average Bonchev–Trinajstić information content (AvgIpc) is 2.88. The Balaban J connectivity index is 2.02. The van der Waals surface area contributed by atoms with Gasteiger partial charge < -0.3 is 0 Å². The molecule has 0 heterocycles. The van der Waals surface area contributed by atoms with Crippen LogP contribution in [0.4, 0.5) is 0 Å². The zero-order chi connectivity index (χ0) is 16.1. The second-order valence-corrected chi connectivity index (χ2v) is 7.09. The van der Waals surface area contributed by atoms with E-state index < -0.39 is 0 Å². The van der Waals surface area contributed by atoms with Crippen molar-refractivity contribution in [2.24, 2.45) is 0 Å². The minimum atomic E-state index is 0.261. The number of benzene rings is 2. The Morgan fingerprint density at radius 2 is 1.13 bits per heavy atom. The molecule has 0 unspecified atom stereocenters. The molecule has 0 atom stereocenters. The summed E-state index contributed by atoms with van der Waals surface area (Å²) in [4.78, 5) is 0. The van der Waals surface area contributed by atoms with Gasteiger partial charge in [0.1, 0.15) is 0 Å². The molecule has 0 aromatic heterocycles. The van der Waals surface area contributed by atoms with Crippen molar-refractivity contribution >= 4 is 0 Å². The van der Waals surface area contributed by atoms with E-state index in [4.69, 9.17) is 0 Å². The fourth-order valence-electron chi connectivity index (χ4n) is 4.41. The highest BCUT2D eigenvalue weighted by Gasteiger charge is 2.41. The van der Waals surface area contributed by atoms with Crippen molar-refractivity contribution in [1.82, 2.24) is 0 Å². The summed E-state index contributed by atoms with van der Waals surface area (Å²) in [5.41, 5.74) is 6.40. The van der Waals surface area contributed by atoms with Crippen LogP contribution in [0.25, 0.3) is 11.1 Å². The van der Waals surface area contributed by atoms with Crippen LogP contribution in [-0.2, 0) is 5.41 Å². The Hall–Kier alpha value is -1.56. The largest absolute Gasteiger partial charge is 0.0654 e. The number of rotatable bonds is 8. The molecule has 0 bridgehead atoms. The SMILES string of the molecule is CCCCCCC1(CCCC)c2ccccc2-c2ccccc21. The van der Waals surface area contributed by atoms with Crippen molar-refractivity contribution in [3.8, 4) is 11.1 Å². The molecule has 0 heteroatoms. The van der Waals surface area contributed by atoms with Crippen LogP contribution in [0, 0.1) is 0 Å². The van der Waals surface area contributed by atoms with Gasteiger partial charge in [-0.05, 0) is 35.1 Å². The van der Waals surface area contributed by atoms with Crippen molar-refractivity contribution in [1.29, 1.82) is 0 Å². The summed E-state index contributed by atoms with van der Waals surface area (Å²) in [6.45, 7) is 4.62. The molecule has 0 spiro atoms. The molecule has 122 valence electrons. The summed E-state index contributed by atoms with van der Waals surface area (Å²) in [6.07, 6.45) is 10.6. The summed E-state index contributed by atoms with van der Waals surface area (Å²) in [5.74, 6) is 0.